The molecular weight excluding hydrogens is 336 g/mol. The number of aliphatic carboxylic acids is 1. The zero-order valence-corrected chi connectivity index (χ0v) is 12.8. The van der Waals surface area contributed by atoms with Crippen LogP contribution in [0, 0.1) is 6.92 Å². The zero-order valence-electron chi connectivity index (χ0n) is 11.3. The van der Waals surface area contributed by atoms with Gasteiger partial charge in [0.25, 0.3) is 5.91 Å². The highest BCUT2D eigenvalue weighted by Gasteiger charge is 2.08. The fourth-order valence-corrected chi connectivity index (χ4v) is 1.99. The Balaban J connectivity index is 2.08. The molecular formula is C15H13BrN2O3. The molecule has 0 spiro atoms. The Bertz CT molecular complexity index is 684. The summed E-state index contributed by atoms with van der Waals surface area (Å²) in [5.74, 6) is -1.18. The number of benzene rings is 1. The Morgan fingerprint density at radius 1 is 1.29 bits per heavy atom. The van der Waals surface area contributed by atoms with Crippen LogP contribution in [0.1, 0.15) is 21.6 Å². The molecule has 6 heteroatoms. The second-order valence-electron chi connectivity index (χ2n) is 4.53. The second-order valence-corrected chi connectivity index (χ2v) is 5.38. The number of hydrogen-bond donors (Lipinski definition) is 2. The van der Waals surface area contributed by atoms with Gasteiger partial charge in [0.05, 0.1) is 24.0 Å². The van der Waals surface area contributed by atoms with Crippen molar-refractivity contribution in [3.05, 3.63) is 57.8 Å². The average Bonchev–Trinajstić information content (AvgIpc) is 2.43. The first-order valence-corrected chi connectivity index (χ1v) is 6.99. The maximum atomic E-state index is 12.1. The molecule has 0 saturated carbocycles. The number of nitrogens with one attached hydrogen (secondary N) is 1. The number of pyridine rings is 1. The summed E-state index contributed by atoms with van der Waals surface area (Å²) in [4.78, 5) is 26.6. The zero-order chi connectivity index (χ0) is 15.4. The normalized spacial score (nSPS) is 10.2. The summed E-state index contributed by atoms with van der Waals surface area (Å²) in [6.45, 7) is 1.91. The largest absolute Gasteiger partial charge is 0.481 e. The maximum Gasteiger partial charge on any atom is 0.309 e. The fraction of sp³-hybridized carbons (Fsp3) is 0.133. The monoisotopic (exact) mass is 348 g/mol. The third-order valence-electron chi connectivity index (χ3n) is 2.84. The molecule has 0 bridgehead atoms. The number of carbonyl (C=O) groups excluding carboxylic acids is 1. The van der Waals surface area contributed by atoms with Crippen molar-refractivity contribution in [1.82, 2.24) is 4.98 Å². The molecule has 2 N–H and O–H groups in total. The van der Waals surface area contributed by atoms with Crippen LogP contribution >= 0.6 is 15.9 Å². The lowest BCUT2D eigenvalue weighted by atomic mass is 10.1. The van der Waals surface area contributed by atoms with E-state index >= 15 is 0 Å². The minimum atomic E-state index is -0.940. The summed E-state index contributed by atoms with van der Waals surface area (Å²) >= 11 is 3.38. The lowest BCUT2D eigenvalue weighted by Crippen LogP contribution is -2.12. The molecule has 108 valence electrons. The van der Waals surface area contributed by atoms with Gasteiger partial charge < -0.3 is 10.4 Å². The number of aryl methyl sites for hydroxylation is 1. The second kappa shape index (κ2) is 6.49. The highest BCUT2D eigenvalue weighted by molar-refractivity contribution is 9.10. The van der Waals surface area contributed by atoms with E-state index in [4.69, 9.17) is 5.11 Å². The molecule has 1 aromatic heterocycles. The highest BCUT2D eigenvalue weighted by atomic mass is 79.9. The number of nitrogens with zero attached hydrogens (tertiary/aromatic N) is 1. The van der Waals surface area contributed by atoms with Gasteiger partial charge in [0.1, 0.15) is 0 Å². The number of anilines is 1. The summed E-state index contributed by atoms with van der Waals surface area (Å²) in [7, 11) is 0. The van der Waals surface area contributed by atoms with Gasteiger partial charge in [-0.25, -0.2) is 0 Å². The van der Waals surface area contributed by atoms with E-state index in [-0.39, 0.29) is 12.3 Å². The van der Waals surface area contributed by atoms with Crippen LogP contribution in [0.3, 0.4) is 0 Å². The number of carboxylic acid groups (broad SMARTS) is 1. The minimum absolute atomic E-state index is 0.139. The average molecular weight is 349 g/mol. The standard InChI is InChI=1S/C15H13BrN2O3/c1-9-6-10(2-5-13(9)16)15(21)18-12-4-3-11(17-8-12)7-14(19)20/h2-6,8H,7H2,1H3,(H,18,21)(H,19,20). The lowest BCUT2D eigenvalue weighted by molar-refractivity contribution is -0.136. The SMILES string of the molecule is Cc1cc(C(=O)Nc2ccc(CC(=O)O)nc2)ccc1Br. The molecule has 0 atom stereocenters. The molecule has 0 unspecified atom stereocenters. The van der Waals surface area contributed by atoms with Gasteiger partial charge in [-0.3, -0.25) is 14.6 Å². The van der Waals surface area contributed by atoms with Gasteiger partial charge >= 0.3 is 5.97 Å². The third-order valence-corrected chi connectivity index (χ3v) is 3.72. The maximum absolute atomic E-state index is 12.1. The first-order valence-electron chi connectivity index (χ1n) is 6.20. The number of amides is 1. The molecule has 0 aliphatic heterocycles. The predicted molar refractivity (Wildman–Crippen MR) is 82.4 cm³/mol. The van der Waals surface area contributed by atoms with E-state index in [1.165, 1.54) is 6.20 Å². The molecule has 0 aliphatic rings. The van der Waals surface area contributed by atoms with Crippen LogP contribution in [0.15, 0.2) is 41.0 Å². The number of halogens is 1. The van der Waals surface area contributed by atoms with Crippen LogP contribution in [0.25, 0.3) is 0 Å². The lowest BCUT2D eigenvalue weighted by Gasteiger charge is -2.07. The van der Waals surface area contributed by atoms with Crippen molar-refractivity contribution in [2.45, 2.75) is 13.3 Å². The summed E-state index contributed by atoms with van der Waals surface area (Å²) in [5.41, 5.74) is 2.48. The van der Waals surface area contributed by atoms with Gasteiger partial charge in [0.15, 0.2) is 0 Å². The minimum Gasteiger partial charge on any atom is -0.481 e. The van der Waals surface area contributed by atoms with E-state index in [1.807, 2.05) is 13.0 Å². The smallest absolute Gasteiger partial charge is 0.309 e. The van der Waals surface area contributed by atoms with Crippen molar-refractivity contribution in [3.63, 3.8) is 0 Å². The highest BCUT2D eigenvalue weighted by Crippen LogP contribution is 2.18. The van der Waals surface area contributed by atoms with E-state index in [2.05, 4.69) is 26.2 Å². The Morgan fingerprint density at radius 3 is 2.62 bits per heavy atom. The number of carboxylic acids is 1. The Labute approximate surface area is 130 Å². The third kappa shape index (κ3) is 4.13. The number of hydrogen-bond acceptors (Lipinski definition) is 3. The molecule has 1 amide bonds. The molecule has 2 rings (SSSR count). The Morgan fingerprint density at radius 2 is 2.05 bits per heavy atom. The van der Waals surface area contributed by atoms with Crippen LogP contribution in [0.2, 0.25) is 0 Å². The van der Waals surface area contributed by atoms with Crippen molar-refractivity contribution in [2.24, 2.45) is 0 Å². The molecule has 0 fully saturated rings. The van der Waals surface area contributed by atoms with Crippen molar-refractivity contribution in [1.29, 1.82) is 0 Å². The van der Waals surface area contributed by atoms with Crippen LogP contribution in [0.5, 0.6) is 0 Å². The van der Waals surface area contributed by atoms with E-state index in [1.54, 1.807) is 24.3 Å². The van der Waals surface area contributed by atoms with Crippen LogP contribution in [-0.4, -0.2) is 22.0 Å². The van der Waals surface area contributed by atoms with Gasteiger partial charge in [-0.1, -0.05) is 15.9 Å². The molecule has 0 radical (unpaired) electrons. The van der Waals surface area contributed by atoms with Gasteiger partial charge in [0, 0.05) is 10.0 Å². The van der Waals surface area contributed by atoms with E-state index in [0.717, 1.165) is 10.0 Å². The quantitative estimate of drug-likeness (QED) is 0.889. The Hall–Kier alpha value is -2.21. The summed E-state index contributed by atoms with van der Waals surface area (Å²) in [6.07, 6.45) is 1.31. The molecule has 21 heavy (non-hydrogen) atoms. The first-order chi connectivity index (χ1) is 9.95. The van der Waals surface area contributed by atoms with E-state index in [0.29, 0.717) is 16.9 Å². The topological polar surface area (TPSA) is 79.3 Å². The Kier molecular flexibility index (Phi) is 4.70. The van der Waals surface area contributed by atoms with Crippen molar-refractivity contribution in [3.8, 4) is 0 Å². The molecule has 5 nitrogen and oxygen atoms in total. The van der Waals surface area contributed by atoms with E-state index < -0.39 is 5.97 Å². The number of rotatable bonds is 4. The fourth-order valence-electron chi connectivity index (χ4n) is 1.75. The molecule has 0 saturated heterocycles. The molecule has 0 aliphatic carbocycles. The van der Waals surface area contributed by atoms with Gasteiger partial charge in [0.2, 0.25) is 0 Å². The van der Waals surface area contributed by atoms with Crippen molar-refractivity contribution >= 4 is 33.5 Å². The van der Waals surface area contributed by atoms with Crippen molar-refractivity contribution in [2.75, 3.05) is 5.32 Å². The summed E-state index contributed by atoms with van der Waals surface area (Å²) in [6, 6.07) is 8.54. The first kappa shape index (κ1) is 15.2. The van der Waals surface area contributed by atoms with Crippen LogP contribution in [0.4, 0.5) is 5.69 Å². The van der Waals surface area contributed by atoms with Crippen molar-refractivity contribution < 1.29 is 14.7 Å². The van der Waals surface area contributed by atoms with Gasteiger partial charge in [-0.05, 0) is 42.8 Å². The molecule has 1 aromatic carbocycles. The van der Waals surface area contributed by atoms with E-state index in [9.17, 15) is 9.59 Å². The number of carbonyl (C=O) groups is 2. The molecule has 1 heterocycles. The summed E-state index contributed by atoms with van der Waals surface area (Å²) in [5, 5.41) is 11.4. The van der Waals surface area contributed by atoms with Crippen LogP contribution in [-0.2, 0) is 11.2 Å². The van der Waals surface area contributed by atoms with Gasteiger partial charge in [-0.15, -0.1) is 0 Å². The van der Waals surface area contributed by atoms with Gasteiger partial charge in [-0.2, -0.15) is 0 Å². The van der Waals surface area contributed by atoms with Crippen LogP contribution < -0.4 is 5.32 Å². The molecule has 2 aromatic rings. The number of aromatic nitrogens is 1. The predicted octanol–water partition coefficient (Wildman–Crippen LogP) is 3.03. The summed E-state index contributed by atoms with van der Waals surface area (Å²) < 4.78 is 0.943.